The van der Waals surface area contributed by atoms with Crippen LogP contribution in [-0.2, 0) is 6.42 Å². The van der Waals surface area contributed by atoms with Gasteiger partial charge in [0.05, 0.1) is 0 Å². The maximum Gasteiger partial charge on any atom is 0.193 e. The summed E-state index contributed by atoms with van der Waals surface area (Å²) in [5.74, 6) is 1.91. The third-order valence-electron chi connectivity index (χ3n) is 4.92. The summed E-state index contributed by atoms with van der Waals surface area (Å²) in [6, 6.07) is 4.34. The lowest BCUT2D eigenvalue weighted by Crippen LogP contribution is -2.40. The number of hydrogen-bond acceptors (Lipinski definition) is 3. The van der Waals surface area contributed by atoms with Crippen LogP contribution in [0.25, 0.3) is 0 Å². The van der Waals surface area contributed by atoms with Gasteiger partial charge in [-0.05, 0) is 69.6 Å². The Morgan fingerprint density at radius 1 is 1.38 bits per heavy atom. The molecule has 0 aliphatic carbocycles. The number of nitrogens with zero attached hydrogens (tertiary/aromatic N) is 3. The molecule has 0 aromatic carbocycles. The number of thiophene rings is 1. The van der Waals surface area contributed by atoms with Gasteiger partial charge in [-0.1, -0.05) is 13.0 Å². The molecule has 0 unspecified atom stereocenters. The minimum atomic E-state index is 0.857. The second-order valence-electron chi connectivity index (χ2n) is 6.65. The van der Waals surface area contributed by atoms with Gasteiger partial charge in [0.1, 0.15) is 0 Å². The maximum atomic E-state index is 4.87. The second kappa shape index (κ2) is 10.7. The molecule has 136 valence electrons. The van der Waals surface area contributed by atoms with Crippen LogP contribution in [-0.4, -0.2) is 62.1 Å². The lowest BCUT2D eigenvalue weighted by atomic mass is 9.94. The molecule has 5 heteroatoms. The summed E-state index contributed by atoms with van der Waals surface area (Å²) in [5, 5.41) is 5.59. The van der Waals surface area contributed by atoms with Gasteiger partial charge in [-0.25, -0.2) is 0 Å². The Morgan fingerprint density at radius 2 is 2.17 bits per heavy atom. The summed E-state index contributed by atoms with van der Waals surface area (Å²) in [7, 11) is 2.15. The topological polar surface area (TPSA) is 30.9 Å². The molecular weight excluding hydrogens is 316 g/mol. The Morgan fingerprint density at radius 3 is 2.79 bits per heavy atom. The van der Waals surface area contributed by atoms with E-state index in [1.165, 1.54) is 43.8 Å². The van der Waals surface area contributed by atoms with E-state index in [-0.39, 0.29) is 0 Å². The summed E-state index contributed by atoms with van der Waals surface area (Å²) in [4.78, 5) is 11.1. The molecule has 4 nitrogen and oxygen atoms in total. The van der Waals surface area contributed by atoms with E-state index in [0.29, 0.717) is 0 Å². The minimum Gasteiger partial charge on any atom is -0.357 e. The molecule has 0 radical (unpaired) electrons. The van der Waals surface area contributed by atoms with Gasteiger partial charge in [0.15, 0.2) is 5.96 Å². The first-order valence-electron chi connectivity index (χ1n) is 9.47. The average Bonchev–Trinajstić information content (AvgIpc) is 3.13. The molecule has 2 rings (SSSR count). The first-order chi connectivity index (χ1) is 11.7. The van der Waals surface area contributed by atoms with Crippen molar-refractivity contribution in [1.82, 2.24) is 15.1 Å². The summed E-state index contributed by atoms with van der Waals surface area (Å²) in [6.45, 7) is 11.0. The van der Waals surface area contributed by atoms with Gasteiger partial charge in [0.2, 0.25) is 0 Å². The molecular formula is C19H34N4S. The van der Waals surface area contributed by atoms with Gasteiger partial charge in [0.25, 0.3) is 0 Å². The van der Waals surface area contributed by atoms with Crippen molar-refractivity contribution < 1.29 is 0 Å². The predicted octanol–water partition coefficient (Wildman–Crippen LogP) is 3.31. The van der Waals surface area contributed by atoms with Crippen LogP contribution in [0.1, 0.15) is 38.0 Å². The molecule has 0 amide bonds. The monoisotopic (exact) mass is 350 g/mol. The molecule has 1 aromatic rings. The van der Waals surface area contributed by atoms with E-state index in [4.69, 9.17) is 4.99 Å². The standard InChI is InChI=1S/C19H34N4S/c1-4-20-19(22(3)13-11-18-7-6-16-24-18)21-12-8-17-9-14-23(5-2)15-10-17/h6-7,16-17H,4-5,8-15H2,1-3H3,(H,20,21). The number of likely N-dealkylation sites (N-methyl/N-ethyl adjacent to an activating group) is 1. The number of likely N-dealkylation sites (tertiary alicyclic amines) is 1. The highest BCUT2D eigenvalue weighted by atomic mass is 32.1. The lowest BCUT2D eigenvalue weighted by Gasteiger charge is -2.30. The number of rotatable bonds is 8. The van der Waals surface area contributed by atoms with Crippen molar-refractivity contribution >= 4 is 17.3 Å². The van der Waals surface area contributed by atoms with E-state index in [1.807, 2.05) is 11.3 Å². The van der Waals surface area contributed by atoms with Gasteiger partial charge < -0.3 is 15.1 Å². The van der Waals surface area contributed by atoms with Crippen LogP contribution in [0.3, 0.4) is 0 Å². The SMILES string of the molecule is CCNC(=NCCC1CCN(CC)CC1)N(C)CCc1cccs1. The Labute approximate surface area is 152 Å². The highest BCUT2D eigenvalue weighted by molar-refractivity contribution is 7.09. The van der Waals surface area contributed by atoms with Crippen LogP contribution in [0, 0.1) is 5.92 Å². The Kier molecular flexibility index (Phi) is 8.60. The predicted molar refractivity (Wildman–Crippen MR) is 106 cm³/mol. The molecule has 0 atom stereocenters. The zero-order valence-electron chi connectivity index (χ0n) is 15.6. The quantitative estimate of drug-likeness (QED) is 0.576. The normalized spacial score (nSPS) is 17.2. The van der Waals surface area contributed by atoms with Crippen LogP contribution in [0.15, 0.2) is 22.5 Å². The molecule has 1 aromatic heterocycles. The van der Waals surface area contributed by atoms with Crippen molar-refractivity contribution in [3.8, 4) is 0 Å². The fourth-order valence-corrected chi connectivity index (χ4v) is 3.95. The van der Waals surface area contributed by atoms with Crippen LogP contribution >= 0.6 is 11.3 Å². The highest BCUT2D eigenvalue weighted by Gasteiger charge is 2.17. The van der Waals surface area contributed by atoms with Crippen molar-refractivity contribution in [2.45, 2.75) is 39.5 Å². The Hall–Kier alpha value is -1.07. The fourth-order valence-electron chi connectivity index (χ4n) is 3.25. The zero-order valence-corrected chi connectivity index (χ0v) is 16.4. The average molecular weight is 351 g/mol. The second-order valence-corrected chi connectivity index (χ2v) is 7.69. The summed E-state index contributed by atoms with van der Waals surface area (Å²) < 4.78 is 0. The van der Waals surface area contributed by atoms with E-state index < -0.39 is 0 Å². The van der Waals surface area contributed by atoms with Gasteiger partial charge in [-0.15, -0.1) is 11.3 Å². The third kappa shape index (κ3) is 6.44. The first kappa shape index (κ1) is 19.3. The Balaban J connectivity index is 1.75. The van der Waals surface area contributed by atoms with Crippen LogP contribution in [0.2, 0.25) is 0 Å². The van der Waals surface area contributed by atoms with E-state index in [0.717, 1.165) is 37.9 Å². The molecule has 1 saturated heterocycles. The fraction of sp³-hybridized carbons (Fsp3) is 0.737. The maximum absolute atomic E-state index is 4.87. The molecule has 0 spiro atoms. The molecule has 0 bridgehead atoms. The van der Waals surface area contributed by atoms with Gasteiger partial charge in [0, 0.05) is 31.6 Å². The number of nitrogens with one attached hydrogen (secondary N) is 1. The molecule has 1 fully saturated rings. The number of guanidine groups is 1. The van der Waals surface area contributed by atoms with Gasteiger partial charge in [-0.3, -0.25) is 4.99 Å². The first-order valence-corrected chi connectivity index (χ1v) is 10.3. The van der Waals surface area contributed by atoms with Gasteiger partial charge in [-0.2, -0.15) is 0 Å². The summed E-state index contributed by atoms with van der Waals surface area (Å²) in [6.07, 6.45) is 5.00. The third-order valence-corrected chi connectivity index (χ3v) is 5.86. The van der Waals surface area contributed by atoms with E-state index >= 15 is 0 Å². The van der Waals surface area contributed by atoms with E-state index in [2.05, 4.69) is 53.5 Å². The highest BCUT2D eigenvalue weighted by Crippen LogP contribution is 2.20. The number of aliphatic imine (C=N–C) groups is 1. The van der Waals surface area contributed by atoms with Crippen LogP contribution < -0.4 is 5.32 Å². The Bertz CT molecular complexity index is 464. The zero-order chi connectivity index (χ0) is 17.2. The number of piperidine rings is 1. The molecule has 24 heavy (non-hydrogen) atoms. The van der Waals surface area contributed by atoms with Gasteiger partial charge >= 0.3 is 0 Å². The van der Waals surface area contributed by atoms with Crippen molar-refractivity contribution in [3.05, 3.63) is 22.4 Å². The van der Waals surface area contributed by atoms with E-state index in [1.54, 1.807) is 0 Å². The molecule has 1 aliphatic heterocycles. The van der Waals surface area contributed by atoms with Crippen molar-refractivity contribution in [2.75, 3.05) is 46.3 Å². The van der Waals surface area contributed by atoms with Crippen LogP contribution in [0.5, 0.6) is 0 Å². The van der Waals surface area contributed by atoms with E-state index in [9.17, 15) is 0 Å². The minimum absolute atomic E-state index is 0.857. The number of hydrogen-bond donors (Lipinski definition) is 1. The van der Waals surface area contributed by atoms with Crippen molar-refractivity contribution in [2.24, 2.45) is 10.9 Å². The van der Waals surface area contributed by atoms with Crippen molar-refractivity contribution in [1.29, 1.82) is 0 Å². The van der Waals surface area contributed by atoms with Crippen LogP contribution in [0.4, 0.5) is 0 Å². The summed E-state index contributed by atoms with van der Waals surface area (Å²) in [5.41, 5.74) is 0. The molecule has 0 saturated carbocycles. The summed E-state index contributed by atoms with van der Waals surface area (Å²) >= 11 is 1.84. The smallest absolute Gasteiger partial charge is 0.193 e. The largest absolute Gasteiger partial charge is 0.357 e. The molecule has 1 aliphatic rings. The lowest BCUT2D eigenvalue weighted by molar-refractivity contribution is 0.188. The van der Waals surface area contributed by atoms with Crippen molar-refractivity contribution in [3.63, 3.8) is 0 Å². The molecule has 2 heterocycles. The molecule has 1 N–H and O–H groups in total.